The first-order valence-electron chi connectivity index (χ1n) is 12.7. The van der Waals surface area contributed by atoms with Gasteiger partial charge in [-0.2, -0.15) is 0 Å². The summed E-state index contributed by atoms with van der Waals surface area (Å²) in [5.74, 6) is -3.11. The van der Waals surface area contributed by atoms with Crippen LogP contribution in [0, 0.1) is 0 Å². The Hall–Kier alpha value is -3.55. The third-order valence-electron chi connectivity index (χ3n) is 6.52. The predicted molar refractivity (Wildman–Crippen MR) is 139 cm³/mol. The van der Waals surface area contributed by atoms with Crippen LogP contribution in [0.5, 0.6) is 0 Å². The van der Waals surface area contributed by atoms with Gasteiger partial charge in [-0.15, -0.1) is 0 Å². The monoisotopic (exact) mass is 533 g/mol. The standard InChI is InChI=1S/C25H39N7O6/c26-11-5-4-8-18(23(36)32-12-9-25(28,10-13-32)24(37)38)30-21(34)16-29-22(35)19(31-20(33)15-27)14-17-6-2-1-3-7-17/h1-3,6-7,18-19H,4-5,8-16,26-28H2,(H,29,35)(H,30,34)(H,31,33)(H,37,38). The number of nitrogens with zero attached hydrogens (tertiary/aromatic N) is 1. The van der Waals surface area contributed by atoms with Crippen LogP contribution in [-0.2, 0) is 30.4 Å². The fraction of sp³-hybridized carbons (Fsp3) is 0.560. The van der Waals surface area contributed by atoms with Crippen LogP contribution in [0.4, 0.5) is 0 Å². The van der Waals surface area contributed by atoms with Gasteiger partial charge in [-0.05, 0) is 44.2 Å². The van der Waals surface area contributed by atoms with Gasteiger partial charge in [0.1, 0.15) is 17.6 Å². The van der Waals surface area contributed by atoms with Crippen LogP contribution in [0.3, 0.4) is 0 Å². The van der Waals surface area contributed by atoms with Gasteiger partial charge in [-0.25, -0.2) is 0 Å². The second kappa shape index (κ2) is 15.0. The average Bonchev–Trinajstić information content (AvgIpc) is 2.91. The van der Waals surface area contributed by atoms with E-state index in [1.54, 1.807) is 0 Å². The van der Waals surface area contributed by atoms with Gasteiger partial charge in [0.05, 0.1) is 13.1 Å². The van der Waals surface area contributed by atoms with E-state index < -0.39 is 47.9 Å². The Bertz CT molecular complexity index is 966. The molecular formula is C25H39N7O6. The second-order valence-electron chi connectivity index (χ2n) is 9.42. The Morgan fingerprint density at radius 3 is 2.16 bits per heavy atom. The van der Waals surface area contributed by atoms with Crippen LogP contribution in [-0.4, -0.2) is 90.0 Å². The largest absolute Gasteiger partial charge is 0.480 e. The number of benzene rings is 1. The van der Waals surface area contributed by atoms with Gasteiger partial charge < -0.3 is 43.2 Å². The van der Waals surface area contributed by atoms with Crippen LogP contribution in [0.25, 0.3) is 0 Å². The Morgan fingerprint density at radius 1 is 0.947 bits per heavy atom. The summed E-state index contributed by atoms with van der Waals surface area (Å²) in [5, 5.41) is 17.1. The van der Waals surface area contributed by atoms with E-state index in [4.69, 9.17) is 17.2 Å². The van der Waals surface area contributed by atoms with E-state index in [0.717, 1.165) is 5.56 Å². The molecule has 1 aromatic rings. The quantitative estimate of drug-likeness (QED) is 0.129. The van der Waals surface area contributed by atoms with E-state index in [0.29, 0.717) is 25.8 Å². The number of hydrogen-bond donors (Lipinski definition) is 7. The molecule has 0 bridgehead atoms. The molecule has 0 spiro atoms. The van der Waals surface area contributed by atoms with Crippen molar-refractivity contribution >= 4 is 29.6 Å². The van der Waals surface area contributed by atoms with E-state index in [1.807, 2.05) is 30.3 Å². The van der Waals surface area contributed by atoms with E-state index >= 15 is 0 Å². The van der Waals surface area contributed by atoms with Gasteiger partial charge in [0.25, 0.3) is 0 Å². The summed E-state index contributed by atoms with van der Waals surface area (Å²) < 4.78 is 0. The summed E-state index contributed by atoms with van der Waals surface area (Å²) >= 11 is 0. The number of hydrogen-bond acceptors (Lipinski definition) is 8. The van der Waals surface area contributed by atoms with Gasteiger partial charge in [0, 0.05) is 19.5 Å². The molecule has 0 saturated carbocycles. The van der Waals surface area contributed by atoms with Crippen molar-refractivity contribution < 1.29 is 29.1 Å². The Balaban J connectivity index is 1.98. The number of rotatable bonds is 14. The lowest BCUT2D eigenvalue weighted by Gasteiger charge is -2.37. The number of aliphatic carboxylic acids is 1. The van der Waals surface area contributed by atoms with Crippen molar-refractivity contribution in [2.75, 3.05) is 32.7 Å². The van der Waals surface area contributed by atoms with Gasteiger partial charge in [-0.3, -0.25) is 24.0 Å². The summed E-state index contributed by atoms with van der Waals surface area (Å²) in [6.07, 6.45) is 1.99. The lowest BCUT2D eigenvalue weighted by molar-refractivity contribution is -0.148. The van der Waals surface area contributed by atoms with Crippen LogP contribution in [0.1, 0.15) is 37.7 Å². The Kier molecular flexibility index (Phi) is 12.1. The zero-order valence-corrected chi connectivity index (χ0v) is 21.5. The minimum absolute atomic E-state index is 0.102. The summed E-state index contributed by atoms with van der Waals surface area (Å²) in [7, 11) is 0. The number of carbonyl (C=O) groups is 5. The van der Waals surface area contributed by atoms with Gasteiger partial charge in [0.2, 0.25) is 23.6 Å². The van der Waals surface area contributed by atoms with E-state index in [9.17, 15) is 29.1 Å². The first-order valence-corrected chi connectivity index (χ1v) is 12.7. The SMILES string of the molecule is NCCCCC(NC(=O)CNC(=O)C(Cc1ccccc1)NC(=O)CN)C(=O)N1CCC(N)(C(=O)O)CC1. The minimum Gasteiger partial charge on any atom is -0.480 e. The molecule has 10 N–H and O–H groups in total. The highest BCUT2D eigenvalue weighted by Crippen LogP contribution is 2.21. The topological polar surface area (TPSA) is 223 Å². The number of carboxylic acids is 1. The number of piperidine rings is 1. The zero-order chi connectivity index (χ0) is 28.1. The van der Waals surface area contributed by atoms with Crippen LogP contribution < -0.4 is 33.2 Å². The lowest BCUT2D eigenvalue weighted by atomic mass is 9.88. The fourth-order valence-corrected chi connectivity index (χ4v) is 4.16. The molecule has 1 aromatic carbocycles. The molecule has 210 valence electrons. The zero-order valence-electron chi connectivity index (χ0n) is 21.5. The minimum atomic E-state index is -1.38. The van der Waals surface area contributed by atoms with Crippen LogP contribution >= 0.6 is 0 Å². The van der Waals surface area contributed by atoms with E-state index in [-0.39, 0.29) is 44.8 Å². The number of amides is 4. The smallest absolute Gasteiger partial charge is 0.323 e. The fourth-order valence-electron chi connectivity index (χ4n) is 4.16. The Morgan fingerprint density at radius 2 is 1.58 bits per heavy atom. The lowest BCUT2D eigenvalue weighted by Crippen LogP contribution is -2.59. The number of nitrogens with two attached hydrogens (primary N) is 3. The average molecular weight is 534 g/mol. The van der Waals surface area contributed by atoms with Crippen molar-refractivity contribution in [3.8, 4) is 0 Å². The maximum Gasteiger partial charge on any atom is 0.323 e. The van der Waals surface area contributed by atoms with Crippen molar-refractivity contribution in [1.82, 2.24) is 20.9 Å². The van der Waals surface area contributed by atoms with Crippen molar-refractivity contribution in [2.24, 2.45) is 17.2 Å². The van der Waals surface area contributed by atoms with Crippen LogP contribution in [0.15, 0.2) is 30.3 Å². The maximum atomic E-state index is 13.2. The predicted octanol–water partition coefficient (Wildman–Crippen LogP) is -2.19. The number of carbonyl (C=O) groups excluding carboxylic acids is 4. The van der Waals surface area contributed by atoms with E-state index in [2.05, 4.69) is 16.0 Å². The molecule has 13 nitrogen and oxygen atoms in total. The summed E-state index contributed by atoms with van der Waals surface area (Å²) in [6, 6.07) is 7.26. The highest BCUT2D eigenvalue weighted by Gasteiger charge is 2.40. The number of unbranched alkanes of at least 4 members (excludes halogenated alkanes) is 1. The third kappa shape index (κ3) is 9.39. The molecule has 0 aromatic heterocycles. The van der Waals surface area contributed by atoms with Crippen molar-refractivity contribution in [3.05, 3.63) is 35.9 Å². The van der Waals surface area contributed by atoms with Gasteiger partial charge in [-0.1, -0.05) is 30.3 Å². The summed E-state index contributed by atoms with van der Waals surface area (Å²) in [6.45, 7) is 0.0433. The molecule has 1 aliphatic rings. The third-order valence-corrected chi connectivity index (χ3v) is 6.52. The molecule has 1 saturated heterocycles. The summed E-state index contributed by atoms with van der Waals surface area (Å²) in [4.78, 5) is 63.4. The molecule has 2 rings (SSSR count). The molecule has 38 heavy (non-hydrogen) atoms. The molecule has 0 aliphatic carbocycles. The molecule has 0 radical (unpaired) electrons. The van der Waals surface area contributed by atoms with Crippen molar-refractivity contribution in [3.63, 3.8) is 0 Å². The van der Waals surface area contributed by atoms with Crippen molar-refractivity contribution in [1.29, 1.82) is 0 Å². The summed E-state index contributed by atoms with van der Waals surface area (Å²) in [5.41, 5.74) is 16.3. The normalized spacial score (nSPS) is 16.1. The molecule has 1 heterocycles. The highest BCUT2D eigenvalue weighted by atomic mass is 16.4. The molecule has 1 fully saturated rings. The molecule has 1 aliphatic heterocycles. The molecule has 4 amide bonds. The van der Waals surface area contributed by atoms with Gasteiger partial charge >= 0.3 is 5.97 Å². The molecule has 13 heteroatoms. The number of nitrogens with one attached hydrogen (secondary N) is 3. The van der Waals surface area contributed by atoms with Crippen LogP contribution in [0.2, 0.25) is 0 Å². The van der Waals surface area contributed by atoms with Crippen molar-refractivity contribution in [2.45, 2.75) is 56.1 Å². The van der Waals surface area contributed by atoms with E-state index in [1.165, 1.54) is 4.90 Å². The number of likely N-dealkylation sites (tertiary alicyclic amines) is 1. The second-order valence-corrected chi connectivity index (χ2v) is 9.42. The van der Waals surface area contributed by atoms with Gasteiger partial charge in [0.15, 0.2) is 0 Å². The molecular weight excluding hydrogens is 494 g/mol. The first kappa shape index (κ1) is 30.7. The molecule has 2 atom stereocenters. The molecule has 2 unspecified atom stereocenters. The first-order chi connectivity index (χ1) is 18.1. The number of carboxylic acid groups (broad SMARTS) is 1. The highest BCUT2D eigenvalue weighted by molar-refractivity contribution is 5.93. The maximum absolute atomic E-state index is 13.2. The Labute approximate surface area is 221 Å².